The molecule has 2 amide bonds. The Hall–Kier alpha value is -3.50. The molecule has 10 nitrogen and oxygen atoms in total. The molecule has 1 aromatic heterocycles. The molecule has 228 valence electrons. The van der Waals surface area contributed by atoms with Gasteiger partial charge in [-0.05, 0) is 92.9 Å². The van der Waals surface area contributed by atoms with Crippen molar-refractivity contribution in [3.8, 4) is 5.75 Å². The molecule has 1 aromatic carbocycles. The number of carbonyl (C=O) groups is 3. The number of hydrogen-bond acceptors (Lipinski definition) is 8. The Bertz CT molecular complexity index is 1520. The summed E-state index contributed by atoms with van der Waals surface area (Å²) in [5.41, 5.74) is 2.69. The van der Waals surface area contributed by atoms with E-state index in [2.05, 4.69) is 11.8 Å². The molecule has 0 spiro atoms. The molecular weight excluding hydrogens is 548 g/mol. The number of pyridine rings is 1. The fourth-order valence-electron chi connectivity index (χ4n) is 7.92. The fraction of sp³-hybridized carbons (Fsp3) is 0.576. The van der Waals surface area contributed by atoms with Gasteiger partial charge in [-0.3, -0.25) is 9.78 Å². The highest BCUT2D eigenvalue weighted by Crippen LogP contribution is 2.48. The molecule has 5 aliphatic heterocycles. The van der Waals surface area contributed by atoms with Crippen LogP contribution in [0.3, 0.4) is 0 Å². The van der Waals surface area contributed by atoms with E-state index in [1.165, 1.54) is 32.4 Å². The highest BCUT2D eigenvalue weighted by atomic mass is 16.6. The van der Waals surface area contributed by atoms with Gasteiger partial charge < -0.3 is 29.3 Å². The van der Waals surface area contributed by atoms with Crippen molar-refractivity contribution < 1.29 is 29.0 Å². The number of nitrogens with zero attached hydrogens (tertiary/aromatic N) is 4. The quantitative estimate of drug-likeness (QED) is 0.533. The fourth-order valence-corrected chi connectivity index (χ4v) is 7.92. The summed E-state index contributed by atoms with van der Waals surface area (Å²) < 4.78 is 11.1. The number of likely N-dealkylation sites (tertiary alicyclic amines) is 2. The van der Waals surface area contributed by atoms with Crippen molar-refractivity contribution in [2.45, 2.75) is 89.4 Å². The van der Waals surface area contributed by atoms with Gasteiger partial charge in [-0.25, -0.2) is 9.59 Å². The average molecular weight is 589 g/mol. The van der Waals surface area contributed by atoms with Crippen LogP contribution in [-0.4, -0.2) is 87.2 Å². The maximum absolute atomic E-state index is 13.6. The lowest BCUT2D eigenvalue weighted by molar-refractivity contribution is -0.165. The minimum absolute atomic E-state index is 0.116. The number of aliphatic hydroxyl groups is 1. The number of ether oxygens (including phenoxy) is 2. The number of fused-ring (bicyclic) bond motifs is 4. The summed E-state index contributed by atoms with van der Waals surface area (Å²) >= 11 is 0. The standard InChI is InChI=1S/C33H40N4O6/c1-3-22-23-16-21(43-32(40)36-14-10-20(11-15-36)35-12-6-5-7-13-35)8-9-27(23)34-29-24(22)18-37-28(29)17-26-25(30(37)38)19-42-31(39)33(26,41)4-2/h8-9,16,20,28,41H,3-7,10-15,17-19H2,1-2H3/t28?,33-/m0/s1. The molecule has 5 aliphatic rings. The molecule has 0 saturated carbocycles. The van der Waals surface area contributed by atoms with Crippen LogP contribution in [0.2, 0.25) is 0 Å². The molecule has 0 bridgehead atoms. The monoisotopic (exact) mass is 588 g/mol. The SMILES string of the molecule is CCc1c2c(nc3ccc(OC(=O)N4CCC(N5CCCCC5)CC4)cc13)C1CC3=C(COC(=O)[C@]3(O)CC)C(=O)N1C2. The Labute approximate surface area is 251 Å². The van der Waals surface area contributed by atoms with E-state index in [1.54, 1.807) is 17.9 Å². The second-order valence-corrected chi connectivity index (χ2v) is 12.6. The van der Waals surface area contributed by atoms with Gasteiger partial charge in [0.15, 0.2) is 5.60 Å². The largest absolute Gasteiger partial charge is 0.458 e. The van der Waals surface area contributed by atoms with E-state index in [1.807, 2.05) is 17.0 Å². The van der Waals surface area contributed by atoms with Gasteiger partial charge in [-0.2, -0.15) is 0 Å². The number of aromatic nitrogens is 1. The second-order valence-electron chi connectivity index (χ2n) is 12.6. The molecule has 43 heavy (non-hydrogen) atoms. The third-order valence-electron chi connectivity index (χ3n) is 10.4. The van der Waals surface area contributed by atoms with Gasteiger partial charge in [0, 0.05) is 31.1 Å². The smallest absolute Gasteiger partial charge is 0.415 e. The van der Waals surface area contributed by atoms with E-state index in [0.29, 0.717) is 55.4 Å². The first kappa shape index (κ1) is 28.3. The zero-order chi connectivity index (χ0) is 29.9. The number of hydrogen-bond donors (Lipinski definition) is 1. The van der Waals surface area contributed by atoms with Crippen molar-refractivity contribution in [3.05, 3.63) is 46.2 Å². The van der Waals surface area contributed by atoms with E-state index in [0.717, 1.165) is 40.6 Å². The van der Waals surface area contributed by atoms with E-state index < -0.39 is 11.6 Å². The van der Waals surface area contributed by atoms with E-state index in [9.17, 15) is 19.5 Å². The predicted octanol–water partition coefficient (Wildman–Crippen LogP) is 4.03. The first-order valence-electron chi connectivity index (χ1n) is 15.9. The highest BCUT2D eigenvalue weighted by Gasteiger charge is 2.52. The molecule has 2 atom stereocenters. The van der Waals surface area contributed by atoms with Crippen molar-refractivity contribution in [3.63, 3.8) is 0 Å². The lowest BCUT2D eigenvalue weighted by Gasteiger charge is -2.41. The molecular formula is C33H40N4O6. The summed E-state index contributed by atoms with van der Waals surface area (Å²) in [7, 11) is 0. The van der Waals surface area contributed by atoms with Gasteiger partial charge in [-0.1, -0.05) is 20.3 Å². The van der Waals surface area contributed by atoms with Crippen LogP contribution in [0.5, 0.6) is 5.75 Å². The van der Waals surface area contributed by atoms with Gasteiger partial charge in [0.2, 0.25) is 0 Å². The number of benzene rings is 1. The number of esters is 1. The maximum Gasteiger partial charge on any atom is 0.415 e. The molecule has 2 aromatic rings. The van der Waals surface area contributed by atoms with Crippen LogP contribution >= 0.6 is 0 Å². The number of amides is 2. The lowest BCUT2D eigenvalue weighted by Crippen LogP contribution is -2.51. The summed E-state index contributed by atoms with van der Waals surface area (Å²) in [6.45, 7) is 7.83. The molecule has 6 heterocycles. The molecule has 2 saturated heterocycles. The molecule has 10 heteroatoms. The predicted molar refractivity (Wildman–Crippen MR) is 158 cm³/mol. The van der Waals surface area contributed by atoms with Crippen LogP contribution in [-0.2, 0) is 27.3 Å². The van der Waals surface area contributed by atoms with E-state index >= 15 is 0 Å². The van der Waals surface area contributed by atoms with Crippen LogP contribution in [0.15, 0.2) is 29.3 Å². The van der Waals surface area contributed by atoms with Crippen molar-refractivity contribution in [1.29, 1.82) is 0 Å². The summed E-state index contributed by atoms with van der Waals surface area (Å²) in [5, 5.41) is 12.1. The average Bonchev–Trinajstić information content (AvgIpc) is 3.41. The molecule has 7 rings (SSSR count). The minimum Gasteiger partial charge on any atom is -0.458 e. The number of cyclic esters (lactones) is 1. The zero-order valence-corrected chi connectivity index (χ0v) is 25.1. The first-order chi connectivity index (χ1) is 20.8. The van der Waals surface area contributed by atoms with E-state index in [4.69, 9.17) is 14.5 Å². The van der Waals surface area contributed by atoms with Gasteiger partial charge >= 0.3 is 12.1 Å². The molecule has 0 radical (unpaired) electrons. The van der Waals surface area contributed by atoms with Crippen molar-refractivity contribution in [2.24, 2.45) is 0 Å². The topological polar surface area (TPSA) is 113 Å². The van der Waals surface area contributed by atoms with Gasteiger partial charge in [0.05, 0.1) is 22.8 Å². The highest BCUT2D eigenvalue weighted by molar-refractivity contribution is 6.01. The Balaban J connectivity index is 1.12. The molecule has 1 N–H and O–H groups in total. The second kappa shape index (κ2) is 10.9. The van der Waals surface area contributed by atoms with Crippen LogP contribution in [0.25, 0.3) is 10.9 Å². The third-order valence-corrected chi connectivity index (χ3v) is 10.4. The van der Waals surface area contributed by atoms with Crippen molar-refractivity contribution in [1.82, 2.24) is 19.7 Å². The minimum atomic E-state index is -1.79. The number of carbonyl (C=O) groups excluding carboxylic acids is 3. The van der Waals surface area contributed by atoms with Gasteiger partial charge in [0.25, 0.3) is 5.91 Å². The number of piperidine rings is 2. The van der Waals surface area contributed by atoms with E-state index in [-0.39, 0.29) is 31.1 Å². The van der Waals surface area contributed by atoms with Crippen LogP contribution in [0, 0.1) is 0 Å². The Morgan fingerprint density at radius 2 is 1.88 bits per heavy atom. The Kier molecular flexibility index (Phi) is 7.16. The lowest BCUT2D eigenvalue weighted by atomic mass is 9.79. The molecule has 0 aliphatic carbocycles. The number of rotatable bonds is 4. The van der Waals surface area contributed by atoms with Crippen LogP contribution in [0.4, 0.5) is 4.79 Å². The third kappa shape index (κ3) is 4.61. The zero-order valence-electron chi connectivity index (χ0n) is 25.1. The Morgan fingerprint density at radius 3 is 2.60 bits per heavy atom. The Morgan fingerprint density at radius 1 is 1.12 bits per heavy atom. The molecule has 2 fully saturated rings. The molecule has 1 unspecified atom stereocenters. The van der Waals surface area contributed by atoms with Gasteiger partial charge in [-0.15, -0.1) is 0 Å². The van der Waals surface area contributed by atoms with Crippen LogP contribution < -0.4 is 4.74 Å². The van der Waals surface area contributed by atoms with Gasteiger partial charge in [0.1, 0.15) is 12.4 Å². The summed E-state index contributed by atoms with van der Waals surface area (Å²) in [5.74, 6) is -0.421. The summed E-state index contributed by atoms with van der Waals surface area (Å²) in [6, 6.07) is 5.75. The summed E-state index contributed by atoms with van der Waals surface area (Å²) in [6.07, 6.45) is 6.71. The summed E-state index contributed by atoms with van der Waals surface area (Å²) in [4.78, 5) is 50.5. The van der Waals surface area contributed by atoms with Crippen molar-refractivity contribution in [2.75, 3.05) is 32.8 Å². The van der Waals surface area contributed by atoms with Crippen LogP contribution in [0.1, 0.15) is 81.7 Å². The maximum atomic E-state index is 13.6. The first-order valence-corrected chi connectivity index (χ1v) is 15.9. The normalized spacial score (nSPS) is 26.3. The number of aryl methyl sites for hydroxylation is 1. The van der Waals surface area contributed by atoms with Crippen molar-refractivity contribution >= 4 is 28.9 Å².